The fraction of sp³-hybridized carbons (Fsp3) is 0.615. The third-order valence-electron chi connectivity index (χ3n) is 4.00. The maximum absolute atomic E-state index is 5.77. The molecule has 5 heteroatoms. The minimum absolute atomic E-state index is 0.453. The number of hydrogen-bond donors (Lipinski definition) is 1. The summed E-state index contributed by atoms with van der Waals surface area (Å²) in [6.45, 7) is 3.92. The molecule has 3 heterocycles. The van der Waals surface area contributed by atoms with Gasteiger partial charge in [-0.1, -0.05) is 0 Å². The Bertz CT molecular complexity index is 436. The Balaban J connectivity index is 1.70. The van der Waals surface area contributed by atoms with Crippen LogP contribution in [0.2, 0.25) is 0 Å². The Morgan fingerprint density at radius 1 is 1.33 bits per heavy atom. The lowest BCUT2D eigenvalue weighted by Gasteiger charge is -2.52. The number of hydrogen-bond acceptors (Lipinski definition) is 5. The van der Waals surface area contributed by atoms with E-state index >= 15 is 0 Å². The third kappa shape index (κ3) is 1.88. The lowest BCUT2D eigenvalue weighted by molar-refractivity contribution is -0.000478. The van der Waals surface area contributed by atoms with E-state index in [2.05, 4.69) is 9.88 Å². The molecule has 1 aromatic heterocycles. The van der Waals surface area contributed by atoms with Gasteiger partial charge in [0.05, 0.1) is 12.8 Å². The highest BCUT2D eigenvalue weighted by Gasteiger charge is 2.44. The lowest BCUT2D eigenvalue weighted by atomic mass is 9.73. The van der Waals surface area contributed by atoms with Crippen LogP contribution in [0.5, 0.6) is 5.88 Å². The summed E-state index contributed by atoms with van der Waals surface area (Å²) in [4.78, 5) is 6.72. The number of methoxy groups -OCH3 is 1. The highest BCUT2D eigenvalue weighted by molar-refractivity contribution is 5.55. The number of nitrogen functional groups attached to an aromatic ring is 1. The zero-order chi connectivity index (χ0) is 12.6. The molecule has 1 spiro atoms. The average molecular weight is 249 g/mol. The van der Waals surface area contributed by atoms with Crippen molar-refractivity contribution < 1.29 is 9.47 Å². The molecule has 0 bridgehead atoms. The summed E-state index contributed by atoms with van der Waals surface area (Å²) in [5, 5.41) is 0. The van der Waals surface area contributed by atoms with Crippen LogP contribution in [-0.2, 0) is 4.74 Å². The van der Waals surface area contributed by atoms with Gasteiger partial charge in [-0.25, -0.2) is 0 Å². The van der Waals surface area contributed by atoms with Gasteiger partial charge in [-0.2, -0.15) is 4.98 Å². The molecule has 3 rings (SSSR count). The highest BCUT2D eigenvalue weighted by Crippen LogP contribution is 2.42. The molecule has 0 aromatic carbocycles. The molecular formula is C13H19N3O2. The summed E-state index contributed by atoms with van der Waals surface area (Å²) >= 11 is 0. The van der Waals surface area contributed by atoms with Crippen molar-refractivity contribution >= 4 is 11.5 Å². The van der Waals surface area contributed by atoms with Gasteiger partial charge in [0.2, 0.25) is 5.88 Å². The van der Waals surface area contributed by atoms with Gasteiger partial charge in [0, 0.05) is 31.7 Å². The van der Waals surface area contributed by atoms with Crippen molar-refractivity contribution in [1.29, 1.82) is 0 Å². The monoisotopic (exact) mass is 249 g/mol. The normalized spacial score (nSPS) is 21.7. The Labute approximate surface area is 107 Å². The van der Waals surface area contributed by atoms with Gasteiger partial charge in [-0.05, 0) is 25.0 Å². The van der Waals surface area contributed by atoms with Crippen LogP contribution in [0.25, 0.3) is 0 Å². The number of rotatable bonds is 2. The molecular weight excluding hydrogens is 230 g/mol. The van der Waals surface area contributed by atoms with Gasteiger partial charge in [0.25, 0.3) is 0 Å². The molecule has 1 aromatic rings. The first-order chi connectivity index (χ1) is 8.72. The molecule has 2 N–H and O–H groups in total. The van der Waals surface area contributed by atoms with Gasteiger partial charge in [0.1, 0.15) is 5.82 Å². The molecule has 2 fully saturated rings. The molecule has 0 aliphatic carbocycles. The Morgan fingerprint density at radius 2 is 2.06 bits per heavy atom. The predicted molar refractivity (Wildman–Crippen MR) is 69.9 cm³/mol. The van der Waals surface area contributed by atoms with E-state index < -0.39 is 0 Å². The largest absolute Gasteiger partial charge is 0.479 e. The molecule has 2 saturated heterocycles. The van der Waals surface area contributed by atoms with Crippen LogP contribution in [0, 0.1) is 5.41 Å². The summed E-state index contributed by atoms with van der Waals surface area (Å²) in [7, 11) is 1.60. The van der Waals surface area contributed by atoms with Gasteiger partial charge >= 0.3 is 0 Å². The fourth-order valence-corrected chi connectivity index (χ4v) is 2.83. The van der Waals surface area contributed by atoms with Crippen LogP contribution in [0.1, 0.15) is 12.8 Å². The zero-order valence-electron chi connectivity index (χ0n) is 10.7. The fourth-order valence-electron chi connectivity index (χ4n) is 2.83. The Kier molecular flexibility index (Phi) is 2.78. The summed E-state index contributed by atoms with van der Waals surface area (Å²) in [6.07, 6.45) is 2.32. The van der Waals surface area contributed by atoms with Crippen molar-refractivity contribution in [2.24, 2.45) is 5.41 Å². The van der Waals surface area contributed by atoms with E-state index in [1.54, 1.807) is 7.11 Å². The second-order valence-corrected chi connectivity index (χ2v) is 5.24. The van der Waals surface area contributed by atoms with Gasteiger partial charge in [-0.3, -0.25) is 0 Å². The molecule has 2 aliphatic heterocycles. The van der Waals surface area contributed by atoms with E-state index in [1.165, 1.54) is 0 Å². The first kappa shape index (κ1) is 11.6. The van der Waals surface area contributed by atoms with Crippen LogP contribution in [-0.4, -0.2) is 38.4 Å². The first-order valence-electron chi connectivity index (χ1n) is 6.36. The van der Waals surface area contributed by atoms with E-state index in [0.29, 0.717) is 17.0 Å². The molecule has 2 aliphatic rings. The van der Waals surface area contributed by atoms with E-state index in [1.807, 2.05) is 12.1 Å². The smallest absolute Gasteiger partial charge is 0.238 e. The standard InChI is InChI=1S/C13H19N3O2/c1-17-12-10(14)2-3-11(15-12)16-8-13(9-16)4-6-18-7-5-13/h2-3H,4-9,14H2,1H3. The van der Waals surface area contributed by atoms with E-state index in [4.69, 9.17) is 15.2 Å². The van der Waals surface area contributed by atoms with Gasteiger partial charge in [0.15, 0.2) is 0 Å². The third-order valence-corrected chi connectivity index (χ3v) is 4.00. The van der Waals surface area contributed by atoms with Crippen molar-refractivity contribution in [1.82, 2.24) is 4.98 Å². The molecule has 0 atom stereocenters. The van der Waals surface area contributed by atoms with E-state index in [0.717, 1.165) is 45.0 Å². The predicted octanol–water partition coefficient (Wildman–Crippen LogP) is 1.29. The van der Waals surface area contributed by atoms with Crippen LogP contribution >= 0.6 is 0 Å². The number of anilines is 2. The minimum atomic E-state index is 0.453. The first-order valence-corrected chi connectivity index (χ1v) is 6.36. The highest BCUT2D eigenvalue weighted by atomic mass is 16.5. The molecule has 0 radical (unpaired) electrons. The second kappa shape index (κ2) is 4.31. The quantitative estimate of drug-likeness (QED) is 0.855. The SMILES string of the molecule is COc1nc(N2CC3(CCOCC3)C2)ccc1N. The second-order valence-electron chi connectivity index (χ2n) is 5.24. The maximum atomic E-state index is 5.77. The van der Waals surface area contributed by atoms with Gasteiger partial charge in [-0.15, -0.1) is 0 Å². The van der Waals surface area contributed by atoms with Crippen LogP contribution in [0.3, 0.4) is 0 Å². The molecule has 98 valence electrons. The minimum Gasteiger partial charge on any atom is -0.479 e. The summed E-state index contributed by atoms with van der Waals surface area (Å²) in [5.41, 5.74) is 6.81. The number of aromatic nitrogens is 1. The summed E-state index contributed by atoms with van der Waals surface area (Å²) < 4.78 is 10.6. The van der Waals surface area contributed by atoms with Crippen molar-refractivity contribution in [3.63, 3.8) is 0 Å². The van der Waals surface area contributed by atoms with Crippen LogP contribution in [0.4, 0.5) is 11.5 Å². The van der Waals surface area contributed by atoms with E-state index in [9.17, 15) is 0 Å². The Hall–Kier alpha value is -1.49. The molecule has 5 nitrogen and oxygen atoms in total. The Morgan fingerprint density at radius 3 is 2.72 bits per heavy atom. The van der Waals surface area contributed by atoms with Crippen LogP contribution < -0.4 is 15.4 Å². The van der Waals surface area contributed by atoms with Gasteiger partial charge < -0.3 is 20.1 Å². The summed E-state index contributed by atoms with van der Waals surface area (Å²) in [6, 6.07) is 3.82. The summed E-state index contributed by atoms with van der Waals surface area (Å²) in [5.74, 6) is 1.47. The molecule has 0 amide bonds. The van der Waals surface area contributed by atoms with Crippen molar-refractivity contribution in [2.75, 3.05) is 44.0 Å². The molecule has 0 saturated carbocycles. The number of pyridine rings is 1. The van der Waals surface area contributed by atoms with Crippen molar-refractivity contribution in [3.8, 4) is 5.88 Å². The van der Waals surface area contributed by atoms with Crippen molar-refractivity contribution in [2.45, 2.75) is 12.8 Å². The zero-order valence-corrected chi connectivity index (χ0v) is 10.7. The van der Waals surface area contributed by atoms with Crippen molar-refractivity contribution in [3.05, 3.63) is 12.1 Å². The lowest BCUT2D eigenvalue weighted by Crippen LogP contribution is -2.58. The average Bonchev–Trinajstić information content (AvgIpc) is 2.37. The number of nitrogens with two attached hydrogens (primary N) is 1. The maximum Gasteiger partial charge on any atom is 0.238 e. The topological polar surface area (TPSA) is 60.6 Å². The van der Waals surface area contributed by atoms with E-state index in [-0.39, 0.29) is 0 Å². The molecule has 0 unspecified atom stereocenters. The van der Waals surface area contributed by atoms with Crippen LogP contribution in [0.15, 0.2) is 12.1 Å². The molecule has 18 heavy (non-hydrogen) atoms. The number of ether oxygens (including phenoxy) is 2. The number of nitrogens with zero attached hydrogens (tertiary/aromatic N) is 2.